The van der Waals surface area contributed by atoms with Crippen LogP contribution in [-0.4, -0.2) is 548 Å². The van der Waals surface area contributed by atoms with E-state index in [4.69, 9.17) is 0 Å². The second-order valence-electron chi connectivity index (χ2n) is 0. The van der Waals surface area contributed by atoms with Crippen LogP contribution < -0.4 is 88.7 Å². The van der Waals surface area contributed by atoms with Gasteiger partial charge in [0.1, 0.15) is 0 Å². The molecule has 0 atom stereocenters. The zero-order chi connectivity index (χ0) is 0. The van der Waals surface area contributed by atoms with E-state index in [0.29, 0.717) is 0 Å². The monoisotopic (exact) mass is 1870 g/mol. The standard InChI is InChI=1S/3Na.100H2O/h;;;100*1H2/q3*+1;;;;;;;;;;;;;;;;;;;;;;;;;;;;;;;;;;;;;;;;;;;;;;;;;;;;;;;;;;;;;;;;;;;;;;;;;;;;;;;;;;;;;;;;;;;;;;;;;;;;/p-3. The largest absolute Gasteiger partial charge is 1.00 e. The zero-order valence-electron chi connectivity index (χ0n) is 52.8. The van der Waals surface area contributed by atoms with Crippen molar-refractivity contribution in [2.24, 2.45) is 0 Å². The van der Waals surface area contributed by atoms with E-state index < -0.39 is 0 Å². The Morgan fingerprint density at radius 1 is 0.0291 bits per heavy atom. The molecule has 0 fully saturated rings. The predicted molar refractivity (Wildman–Crippen MR) is 356 cm³/mol. The van der Waals surface area contributed by atoms with Crippen LogP contribution in [0.1, 0.15) is 0 Å². The summed E-state index contributed by atoms with van der Waals surface area (Å²) in [6.45, 7) is 0. The van der Waals surface area contributed by atoms with E-state index in [0.717, 1.165) is 0 Å². The molecule has 0 spiro atoms. The average Bonchev–Trinajstić information content (AvgIpc) is 0. The smallest absolute Gasteiger partial charge is 0.870 e. The molecule has 0 bridgehead atoms. The van der Waals surface area contributed by atoms with Crippen LogP contribution in [0.25, 0.3) is 0 Å². The normalized spacial score (nSPS) is 0. The zero-order valence-corrected chi connectivity index (χ0v) is 58.8. The summed E-state index contributed by atoms with van der Waals surface area (Å²) in [5.74, 6) is 0. The number of hydrogen-bond donors (Lipinski definition) is 0. The first-order valence-corrected chi connectivity index (χ1v) is 0. The van der Waals surface area contributed by atoms with E-state index >= 15 is 0 Å². The van der Waals surface area contributed by atoms with Gasteiger partial charge in [-0.2, -0.15) is 0 Å². The molecule has 0 unspecified atom stereocenters. The Morgan fingerprint density at radius 3 is 0.0291 bits per heavy atom. The Labute approximate surface area is 635 Å². The molecular formula is H197Na3O100. The van der Waals surface area contributed by atoms with Gasteiger partial charge in [-0.15, -0.1) is 0 Å². The third-order valence-electron chi connectivity index (χ3n) is 0. The maximum Gasteiger partial charge on any atom is 1.00 e. The van der Waals surface area contributed by atoms with Crippen LogP contribution in [0.2, 0.25) is 0 Å². The SMILES string of the molecule is O.O.O.O.O.O.O.O.O.O.O.O.O.O.O.O.O.O.O.O.O.O.O.O.O.O.O.O.O.O.O.O.O.O.O.O.O.O.O.O.O.O.O.O.O.O.O.O.O.O.O.O.O.O.O.O.O.O.O.O.O.O.O.O.O.O.O.O.O.O.O.O.O.O.O.O.O.O.O.O.O.O.O.O.O.O.O.O.O.O.O.O.O.O.O.O.O.[Na+].[Na+].[Na+].[OH-].[OH-].[OH-]. The van der Waals surface area contributed by atoms with Crippen molar-refractivity contribution in [3.63, 3.8) is 0 Å². The van der Waals surface area contributed by atoms with Crippen molar-refractivity contribution in [2.45, 2.75) is 0 Å². The summed E-state index contributed by atoms with van der Waals surface area (Å²) in [6.07, 6.45) is 0. The van der Waals surface area contributed by atoms with Gasteiger partial charge in [-0.05, 0) is 0 Å². The molecule has 0 amide bonds. The number of rotatable bonds is 0. The number of hydrogen-bond acceptors (Lipinski definition) is 3. The van der Waals surface area contributed by atoms with Crippen molar-refractivity contribution in [1.29, 1.82) is 0 Å². The fourth-order valence-corrected chi connectivity index (χ4v) is 0. The molecule has 0 heterocycles. The molecular weight excluding hydrogens is 1670 g/mol. The van der Waals surface area contributed by atoms with Gasteiger partial charge in [0.2, 0.25) is 0 Å². The Kier molecular flexibility index (Phi) is 10200000000. The van der Waals surface area contributed by atoms with Crippen LogP contribution >= 0.6 is 0 Å². The molecule has 0 aliphatic carbocycles. The predicted octanol–water partition coefficient (Wildman–Crippen LogP) is -89.5. The van der Waals surface area contributed by atoms with Gasteiger partial charge < -0.3 is 548 Å². The van der Waals surface area contributed by atoms with E-state index in [9.17, 15) is 0 Å². The Bertz CT molecular complexity index is 19.6. The van der Waals surface area contributed by atoms with Crippen molar-refractivity contribution in [1.82, 2.24) is 0 Å². The summed E-state index contributed by atoms with van der Waals surface area (Å²) in [5, 5.41) is 0. The van der Waals surface area contributed by atoms with Gasteiger partial charge in [0, 0.05) is 0 Å². The molecule has 0 aliphatic heterocycles. The third-order valence-corrected chi connectivity index (χ3v) is 0. The van der Waals surface area contributed by atoms with Crippen molar-refractivity contribution >= 4 is 0 Å². The van der Waals surface area contributed by atoms with Crippen molar-refractivity contribution < 1.29 is 636 Å². The topological polar surface area (TPSA) is 3150 Å². The second-order valence-corrected chi connectivity index (χ2v) is 0. The molecule has 197 N–H and O–H groups in total. The van der Waals surface area contributed by atoms with Gasteiger partial charge in [0.05, 0.1) is 0 Å². The molecule has 0 saturated heterocycles. The van der Waals surface area contributed by atoms with E-state index in [2.05, 4.69) is 0 Å². The minimum absolute atomic E-state index is 0. The molecule has 0 rings (SSSR count). The Balaban J connectivity index is 0. The molecule has 0 aromatic carbocycles. The quantitative estimate of drug-likeness (QED) is 0.214. The molecule has 103 heavy (non-hydrogen) atoms. The summed E-state index contributed by atoms with van der Waals surface area (Å²) in [5.41, 5.74) is 0. The van der Waals surface area contributed by atoms with Crippen LogP contribution in [0.15, 0.2) is 0 Å². The molecule has 0 aromatic rings. The van der Waals surface area contributed by atoms with Gasteiger partial charge in [0.25, 0.3) is 0 Å². The van der Waals surface area contributed by atoms with Gasteiger partial charge in [0.15, 0.2) is 0 Å². The molecule has 800 valence electrons. The second kappa shape index (κ2) is 1010000. The third kappa shape index (κ3) is 990000. The minimum Gasteiger partial charge on any atom is -0.870 e. The average molecular weight is 1870 g/mol. The van der Waals surface area contributed by atoms with Crippen LogP contribution in [0, 0.1) is 0 Å². The molecule has 0 aliphatic rings. The van der Waals surface area contributed by atoms with Gasteiger partial charge in [-0.3, -0.25) is 0 Å². The summed E-state index contributed by atoms with van der Waals surface area (Å²) in [6, 6.07) is 0. The van der Waals surface area contributed by atoms with E-state index in [-0.39, 0.29) is 636 Å². The molecule has 100 nitrogen and oxygen atoms in total. The fraction of sp³-hybridized carbons (Fsp3) is 0. The Hall–Kier alpha value is -1.00. The van der Waals surface area contributed by atoms with E-state index in [1.807, 2.05) is 0 Å². The molecule has 0 aromatic heterocycles. The Morgan fingerprint density at radius 2 is 0.0291 bits per heavy atom. The first-order valence-electron chi connectivity index (χ1n) is 0. The van der Waals surface area contributed by atoms with Gasteiger partial charge in [-0.1, -0.05) is 0 Å². The van der Waals surface area contributed by atoms with Crippen molar-refractivity contribution in [3.05, 3.63) is 0 Å². The van der Waals surface area contributed by atoms with Crippen molar-refractivity contribution in [3.8, 4) is 0 Å². The molecule has 0 radical (unpaired) electrons. The fourth-order valence-electron chi connectivity index (χ4n) is 0. The van der Waals surface area contributed by atoms with Gasteiger partial charge >= 0.3 is 88.7 Å². The summed E-state index contributed by atoms with van der Waals surface area (Å²) in [7, 11) is 0. The summed E-state index contributed by atoms with van der Waals surface area (Å²) in [4.78, 5) is 0. The summed E-state index contributed by atoms with van der Waals surface area (Å²) >= 11 is 0. The van der Waals surface area contributed by atoms with E-state index in [1.54, 1.807) is 0 Å². The van der Waals surface area contributed by atoms with Crippen molar-refractivity contribution in [2.75, 3.05) is 0 Å². The first-order chi connectivity index (χ1) is 0. The van der Waals surface area contributed by atoms with Crippen LogP contribution in [-0.2, 0) is 0 Å². The van der Waals surface area contributed by atoms with Gasteiger partial charge in [-0.25, -0.2) is 0 Å². The van der Waals surface area contributed by atoms with Crippen LogP contribution in [0.4, 0.5) is 0 Å². The minimum atomic E-state index is 0. The maximum atomic E-state index is 0. The molecule has 0 saturated carbocycles. The maximum absolute atomic E-state index is 0. The first kappa shape index (κ1) is 1040000. The van der Waals surface area contributed by atoms with E-state index in [1.165, 1.54) is 0 Å². The van der Waals surface area contributed by atoms with Crippen LogP contribution in [0.5, 0.6) is 0 Å². The van der Waals surface area contributed by atoms with Crippen LogP contribution in [0.3, 0.4) is 0 Å². The molecule has 103 heteroatoms. The summed E-state index contributed by atoms with van der Waals surface area (Å²) < 4.78 is 0.